The molecule has 0 radical (unpaired) electrons. The molecule has 2 nitrogen and oxygen atoms in total. The van der Waals surface area contributed by atoms with Gasteiger partial charge in [-0.25, -0.2) is 0 Å². The molecule has 1 aromatic heterocycles. The summed E-state index contributed by atoms with van der Waals surface area (Å²) in [6.07, 6.45) is 3.97. The summed E-state index contributed by atoms with van der Waals surface area (Å²) in [4.78, 5) is 4.18. The largest absolute Gasteiger partial charge is 0.312 e. The van der Waals surface area contributed by atoms with Crippen LogP contribution in [0.3, 0.4) is 0 Å². The molecule has 21 heavy (non-hydrogen) atoms. The molecule has 0 amide bonds. The van der Waals surface area contributed by atoms with Crippen LogP contribution < -0.4 is 5.32 Å². The number of hydrogen-bond acceptors (Lipinski definition) is 3. The van der Waals surface area contributed by atoms with Crippen molar-refractivity contribution in [3.63, 3.8) is 0 Å². The number of rotatable bonds is 8. The van der Waals surface area contributed by atoms with Gasteiger partial charge in [0.05, 0.1) is 0 Å². The average Bonchev–Trinajstić information content (AvgIpc) is 3.28. The van der Waals surface area contributed by atoms with Gasteiger partial charge in [0.15, 0.2) is 0 Å². The van der Waals surface area contributed by atoms with Crippen molar-refractivity contribution in [3.05, 3.63) is 34.7 Å². The Morgan fingerprint density at radius 3 is 2.76 bits per heavy atom. The first kappa shape index (κ1) is 15.0. The fourth-order valence-electron chi connectivity index (χ4n) is 2.99. The van der Waals surface area contributed by atoms with Crippen LogP contribution >= 0.6 is 11.3 Å². The minimum absolute atomic E-state index is 0.838. The Labute approximate surface area is 132 Å². The number of thiophene rings is 1. The molecular weight excluding hydrogens is 276 g/mol. The molecular formula is C18H26N2S. The second-order valence-electron chi connectivity index (χ2n) is 5.97. The molecule has 0 atom stereocenters. The molecule has 1 aromatic carbocycles. The number of nitrogens with one attached hydrogen (secondary N) is 1. The third-order valence-electron chi connectivity index (χ3n) is 4.32. The number of fused-ring (bicyclic) bond motifs is 1. The van der Waals surface area contributed by atoms with Crippen molar-refractivity contribution in [1.82, 2.24) is 10.2 Å². The smallest absolute Gasteiger partial charge is 0.0349 e. The van der Waals surface area contributed by atoms with Crippen LogP contribution in [-0.4, -0.2) is 24.0 Å². The van der Waals surface area contributed by atoms with E-state index in [9.17, 15) is 0 Å². The molecule has 1 aliphatic carbocycles. The van der Waals surface area contributed by atoms with Crippen LogP contribution in [0.25, 0.3) is 10.1 Å². The minimum atomic E-state index is 0.838. The summed E-state index contributed by atoms with van der Waals surface area (Å²) in [6.45, 7) is 8.93. The van der Waals surface area contributed by atoms with E-state index in [1.54, 1.807) is 5.56 Å². The summed E-state index contributed by atoms with van der Waals surface area (Å²) in [6, 6.07) is 9.73. The summed E-state index contributed by atoms with van der Waals surface area (Å²) in [5.74, 6) is 0. The van der Waals surface area contributed by atoms with Crippen molar-refractivity contribution in [1.29, 1.82) is 0 Å². The van der Waals surface area contributed by atoms with Gasteiger partial charge in [-0.3, -0.25) is 4.90 Å². The SMILES string of the molecule is CCCNCc1sc2ccccc2c1CN(CC)C1CC1. The van der Waals surface area contributed by atoms with E-state index in [-0.39, 0.29) is 0 Å². The van der Waals surface area contributed by atoms with Crippen molar-refractivity contribution < 1.29 is 0 Å². The second-order valence-corrected chi connectivity index (χ2v) is 7.11. The highest BCUT2D eigenvalue weighted by Gasteiger charge is 2.28. The number of benzene rings is 1. The Hall–Kier alpha value is -0.900. The maximum atomic E-state index is 3.58. The van der Waals surface area contributed by atoms with Crippen molar-refractivity contribution in [2.45, 2.75) is 52.2 Å². The van der Waals surface area contributed by atoms with Crippen LogP contribution in [0, 0.1) is 0 Å². The maximum Gasteiger partial charge on any atom is 0.0349 e. The molecule has 1 saturated carbocycles. The molecule has 0 saturated heterocycles. The van der Waals surface area contributed by atoms with Crippen LogP contribution in [0.2, 0.25) is 0 Å². The zero-order valence-electron chi connectivity index (χ0n) is 13.2. The molecule has 0 unspecified atom stereocenters. The van der Waals surface area contributed by atoms with Gasteiger partial charge in [-0.15, -0.1) is 11.3 Å². The third-order valence-corrected chi connectivity index (χ3v) is 5.54. The Morgan fingerprint density at radius 2 is 2.05 bits per heavy atom. The fourth-order valence-corrected chi connectivity index (χ4v) is 4.17. The lowest BCUT2D eigenvalue weighted by Crippen LogP contribution is -2.25. The van der Waals surface area contributed by atoms with E-state index in [0.717, 1.165) is 32.2 Å². The van der Waals surface area contributed by atoms with Gasteiger partial charge in [0.2, 0.25) is 0 Å². The number of hydrogen-bond donors (Lipinski definition) is 1. The first-order valence-corrected chi connectivity index (χ1v) is 9.09. The van der Waals surface area contributed by atoms with E-state index in [0.29, 0.717) is 0 Å². The average molecular weight is 302 g/mol. The highest BCUT2D eigenvalue weighted by Crippen LogP contribution is 2.35. The molecule has 1 heterocycles. The molecule has 1 N–H and O–H groups in total. The summed E-state index contributed by atoms with van der Waals surface area (Å²) in [7, 11) is 0. The predicted molar refractivity (Wildman–Crippen MR) is 92.9 cm³/mol. The molecule has 0 aliphatic heterocycles. The van der Waals surface area contributed by atoms with E-state index in [2.05, 4.69) is 48.3 Å². The quantitative estimate of drug-likeness (QED) is 0.728. The van der Waals surface area contributed by atoms with E-state index in [1.807, 2.05) is 11.3 Å². The summed E-state index contributed by atoms with van der Waals surface area (Å²) < 4.78 is 1.44. The van der Waals surface area contributed by atoms with Gasteiger partial charge in [0.25, 0.3) is 0 Å². The molecule has 114 valence electrons. The van der Waals surface area contributed by atoms with Gasteiger partial charge in [-0.05, 0) is 49.4 Å². The molecule has 1 fully saturated rings. The zero-order valence-corrected chi connectivity index (χ0v) is 14.0. The van der Waals surface area contributed by atoms with Gasteiger partial charge < -0.3 is 5.32 Å². The second kappa shape index (κ2) is 6.91. The summed E-state index contributed by atoms with van der Waals surface area (Å²) in [5, 5.41) is 5.05. The van der Waals surface area contributed by atoms with Crippen LogP contribution in [0.1, 0.15) is 43.6 Å². The molecule has 2 aromatic rings. The van der Waals surface area contributed by atoms with E-state index < -0.39 is 0 Å². The summed E-state index contributed by atoms with van der Waals surface area (Å²) >= 11 is 1.97. The Kier molecular flexibility index (Phi) is 4.94. The predicted octanol–water partition coefficient (Wildman–Crippen LogP) is 4.39. The van der Waals surface area contributed by atoms with E-state index in [1.165, 1.54) is 34.2 Å². The fraction of sp³-hybridized carbons (Fsp3) is 0.556. The first-order chi connectivity index (χ1) is 10.3. The topological polar surface area (TPSA) is 15.3 Å². The van der Waals surface area contributed by atoms with Crippen molar-refractivity contribution in [3.8, 4) is 0 Å². The molecule has 3 rings (SSSR count). The Balaban J connectivity index is 1.86. The van der Waals surface area contributed by atoms with Gasteiger partial charge >= 0.3 is 0 Å². The van der Waals surface area contributed by atoms with E-state index >= 15 is 0 Å². The van der Waals surface area contributed by atoms with Gasteiger partial charge in [-0.1, -0.05) is 32.0 Å². The molecule has 1 aliphatic rings. The Morgan fingerprint density at radius 1 is 1.24 bits per heavy atom. The van der Waals surface area contributed by atoms with Crippen LogP contribution in [0.4, 0.5) is 0 Å². The maximum absolute atomic E-state index is 3.58. The van der Waals surface area contributed by atoms with Gasteiger partial charge in [0, 0.05) is 28.7 Å². The number of nitrogens with zero attached hydrogens (tertiary/aromatic N) is 1. The van der Waals surface area contributed by atoms with Crippen LogP contribution in [0.5, 0.6) is 0 Å². The normalized spacial score (nSPS) is 15.2. The molecule has 3 heteroatoms. The first-order valence-electron chi connectivity index (χ1n) is 8.27. The lowest BCUT2D eigenvalue weighted by molar-refractivity contribution is 0.270. The highest BCUT2D eigenvalue weighted by atomic mass is 32.1. The lowest BCUT2D eigenvalue weighted by atomic mass is 10.1. The van der Waals surface area contributed by atoms with Crippen molar-refractivity contribution >= 4 is 21.4 Å². The van der Waals surface area contributed by atoms with Crippen LogP contribution in [0.15, 0.2) is 24.3 Å². The zero-order chi connectivity index (χ0) is 14.7. The van der Waals surface area contributed by atoms with Gasteiger partial charge in [-0.2, -0.15) is 0 Å². The minimum Gasteiger partial charge on any atom is -0.312 e. The van der Waals surface area contributed by atoms with Crippen molar-refractivity contribution in [2.75, 3.05) is 13.1 Å². The van der Waals surface area contributed by atoms with E-state index in [4.69, 9.17) is 0 Å². The molecule has 0 spiro atoms. The summed E-state index contributed by atoms with van der Waals surface area (Å²) in [5.41, 5.74) is 1.56. The Bertz CT molecular complexity index is 586. The highest BCUT2D eigenvalue weighted by molar-refractivity contribution is 7.19. The van der Waals surface area contributed by atoms with Gasteiger partial charge in [0.1, 0.15) is 0 Å². The third kappa shape index (κ3) is 3.47. The lowest BCUT2D eigenvalue weighted by Gasteiger charge is -2.20. The molecule has 0 bridgehead atoms. The van der Waals surface area contributed by atoms with Crippen molar-refractivity contribution in [2.24, 2.45) is 0 Å². The van der Waals surface area contributed by atoms with Crippen LogP contribution in [-0.2, 0) is 13.1 Å². The standard InChI is InChI=1S/C18H26N2S/c1-3-11-19-12-18-16(13-20(4-2)14-9-10-14)15-7-5-6-8-17(15)21-18/h5-8,14,19H,3-4,9-13H2,1-2H3. The monoisotopic (exact) mass is 302 g/mol.